The van der Waals surface area contributed by atoms with Gasteiger partial charge in [-0.25, -0.2) is 9.59 Å². The normalized spacial score (nSPS) is 25.3. The minimum absolute atomic E-state index is 0.273. The van der Waals surface area contributed by atoms with Crippen LogP contribution in [-0.4, -0.2) is 46.5 Å². The Kier molecular flexibility index (Phi) is 4.52. The second-order valence-electron chi connectivity index (χ2n) is 4.75. The quantitative estimate of drug-likeness (QED) is 0.647. The van der Waals surface area contributed by atoms with Gasteiger partial charge in [0.15, 0.2) is 0 Å². The van der Waals surface area contributed by atoms with Crippen LogP contribution in [0.3, 0.4) is 0 Å². The standard InChI is InChI=1S/C11H19N3O4/c1-6-3-4-14(8(5-6)10(16)17)9(15)7(2)13-11(12)18/h6-8H,3-5H2,1-2H3,(H,16,17)(H3,12,13,18). The lowest BCUT2D eigenvalue weighted by molar-refractivity contribution is -0.153. The lowest BCUT2D eigenvalue weighted by atomic mass is 9.92. The Bertz CT molecular complexity index is 358. The second kappa shape index (κ2) is 5.70. The van der Waals surface area contributed by atoms with Crippen LogP contribution in [0.25, 0.3) is 0 Å². The number of hydrogen-bond donors (Lipinski definition) is 3. The van der Waals surface area contributed by atoms with Gasteiger partial charge in [0.1, 0.15) is 12.1 Å². The molecule has 1 aliphatic rings. The number of carboxylic acid groups (broad SMARTS) is 1. The van der Waals surface area contributed by atoms with E-state index in [9.17, 15) is 14.4 Å². The molecular formula is C11H19N3O4. The summed E-state index contributed by atoms with van der Waals surface area (Å²) < 4.78 is 0. The topological polar surface area (TPSA) is 113 Å². The number of nitrogens with zero attached hydrogens (tertiary/aromatic N) is 1. The first-order chi connectivity index (χ1) is 8.32. The number of primary amides is 1. The zero-order valence-electron chi connectivity index (χ0n) is 10.5. The first kappa shape index (κ1) is 14.3. The van der Waals surface area contributed by atoms with E-state index in [4.69, 9.17) is 10.8 Å². The average Bonchev–Trinajstić information content (AvgIpc) is 2.26. The molecule has 0 aliphatic carbocycles. The van der Waals surface area contributed by atoms with E-state index in [0.717, 1.165) is 6.42 Å². The van der Waals surface area contributed by atoms with Crippen LogP contribution in [-0.2, 0) is 9.59 Å². The molecule has 1 saturated heterocycles. The summed E-state index contributed by atoms with van der Waals surface area (Å²) in [7, 11) is 0. The van der Waals surface area contributed by atoms with Gasteiger partial charge in [0, 0.05) is 6.54 Å². The lowest BCUT2D eigenvalue weighted by Crippen LogP contribution is -2.56. The molecular weight excluding hydrogens is 238 g/mol. The van der Waals surface area contributed by atoms with E-state index in [1.165, 1.54) is 11.8 Å². The van der Waals surface area contributed by atoms with Crippen LogP contribution in [0.4, 0.5) is 4.79 Å². The van der Waals surface area contributed by atoms with Gasteiger partial charge >= 0.3 is 12.0 Å². The molecule has 3 unspecified atom stereocenters. The highest BCUT2D eigenvalue weighted by Gasteiger charge is 2.36. The fraction of sp³-hybridized carbons (Fsp3) is 0.727. The van der Waals surface area contributed by atoms with E-state index >= 15 is 0 Å². The SMILES string of the molecule is CC1CCN(C(=O)C(C)NC(N)=O)C(C(=O)O)C1. The van der Waals surface area contributed by atoms with Crippen molar-refractivity contribution in [1.29, 1.82) is 0 Å². The van der Waals surface area contributed by atoms with E-state index < -0.39 is 30.0 Å². The van der Waals surface area contributed by atoms with Gasteiger partial charge in [0.25, 0.3) is 0 Å². The molecule has 18 heavy (non-hydrogen) atoms. The predicted octanol–water partition coefficient (Wildman–Crippen LogP) is -0.245. The number of carboxylic acids is 1. The molecule has 1 fully saturated rings. The van der Waals surface area contributed by atoms with E-state index in [0.29, 0.717) is 13.0 Å². The molecule has 0 aromatic rings. The Labute approximate surface area is 105 Å². The number of likely N-dealkylation sites (tertiary alicyclic amines) is 1. The van der Waals surface area contributed by atoms with Crippen molar-refractivity contribution in [3.05, 3.63) is 0 Å². The minimum Gasteiger partial charge on any atom is -0.480 e. The largest absolute Gasteiger partial charge is 0.480 e. The summed E-state index contributed by atoms with van der Waals surface area (Å²) in [5.74, 6) is -1.15. The van der Waals surface area contributed by atoms with Crippen molar-refractivity contribution in [2.45, 2.75) is 38.8 Å². The number of carbonyl (C=O) groups excluding carboxylic acids is 2. The van der Waals surface area contributed by atoms with Gasteiger partial charge in [-0.2, -0.15) is 0 Å². The molecule has 1 rings (SSSR count). The molecule has 0 saturated carbocycles. The van der Waals surface area contributed by atoms with Crippen molar-refractivity contribution >= 4 is 17.9 Å². The monoisotopic (exact) mass is 257 g/mol. The molecule has 102 valence electrons. The van der Waals surface area contributed by atoms with Crippen LogP contribution >= 0.6 is 0 Å². The van der Waals surface area contributed by atoms with Crippen molar-refractivity contribution in [1.82, 2.24) is 10.2 Å². The molecule has 7 nitrogen and oxygen atoms in total. The van der Waals surface area contributed by atoms with Crippen molar-refractivity contribution in [3.63, 3.8) is 0 Å². The number of urea groups is 1. The van der Waals surface area contributed by atoms with Gasteiger partial charge in [0.05, 0.1) is 0 Å². The van der Waals surface area contributed by atoms with Crippen LogP contribution < -0.4 is 11.1 Å². The van der Waals surface area contributed by atoms with E-state index in [1.807, 2.05) is 6.92 Å². The number of hydrogen-bond acceptors (Lipinski definition) is 3. The third-order valence-electron chi connectivity index (χ3n) is 3.16. The molecule has 4 N–H and O–H groups in total. The Morgan fingerprint density at radius 1 is 1.44 bits per heavy atom. The highest BCUT2D eigenvalue weighted by Crippen LogP contribution is 2.23. The third kappa shape index (κ3) is 3.35. The fourth-order valence-corrected chi connectivity index (χ4v) is 2.16. The maximum absolute atomic E-state index is 12.0. The summed E-state index contributed by atoms with van der Waals surface area (Å²) in [5.41, 5.74) is 4.94. The summed E-state index contributed by atoms with van der Waals surface area (Å²) in [6, 6.07) is -2.43. The zero-order valence-corrected chi connectivity index (χ0v) is 10.5. The van der Waals surface area contributed by atoms with Gasteiger partial charge in [0.2, 0.25) is 5.91 Å². The molecule has 0 spiro atoms. The first-order valence-electron chi connectivity index (χ1n) is 5.92. The molecule has 1 heterocycles. The molecule has 0 bridgehead atoms. The second-order valence-corrected chi connectivity index (χ2v) is 4.75. The Hall–Kier alpha value is -1.79. The minimum atomic E-state index is -1.01. The molecule has 0 aromatic heterocycles. The number of rotatable bonds is 3. The highest BCUT2D eigenvalue weighted by atomic mass is 16.4. The Balaban J connectivity index is 2.75. The third-order valence-corrected chi connectivity index (χ3v) is 3.16. The van der Waals surface area contributed by atoms with Crippen LogP contribution in [0, 0.1) is 5.92 Å². The Morgan fingerprint density at radius 3 is 2.56 bits per heavy atom. The highest BCUT2D eigenvalue weighted by molar-refractivity contribution is 5.89. The zero-order chi connectivity index (χ0) is 13.9. The molecule has 3 atom stereocenters. The van der Waals surface area contributed by atoms with Gasteiger partial charge in [-0.1, -0.05) is 6.92 Å². The van der Waals surface area contributed by atoms with Crippen molar-refractivity contribution < 1.29 is 19.5 Å². The number of nitrogens with two attached hydrogens (primary N) is 1. The van der Waals surface area contributed by atoms with Gasteiger partial charge < -0.3 is 21.1 Å². The summed E-state index contributed by atoms with van der Waals surface area (Å²) in [5, 5.41) is 11.4. The van der Waals surface area contributed by atoms with E-state index in [-0.39, 0.29) is 5.92 Å². The van der Waals surface area contributed by atoms with Gasteiger partial charge in [-0.15, -0.1) is 0 Å². The predicted molar refractivity (Wildman–Crippen MR) is 63.7 cm³/mol. The lowest BCUT2D eigenvalue weighted by Gasteiger charge is -2.37. The molecule has 0 radical (unpaired) electrons. The summed E-state index contributed by atoms with van der Waals surface area (Å²) >= 11 is 0. The molecule has 1 aliphatic heterocycles. The van der Waals surface area contributed by atoms with Gasteiger partial charge in [-0.05, 0) is 25.7 Å². The fourth-order valence-electron chi connectivity index (χ4n) is 2.16. The number of aliphatic carboxylic acids is 1. The smallest absolute Gasteiger partial charge is 0.326 e. The number of amides is 3. The molecule has 0 aromatic carbocycles. The van der Waals surface area contributed by atoms with E-state index in [1.54, 1.807) is 0 Å². The van der Waals surface area contributed by atoms with Crippen LogP contribution in [0.2, 0.25) is 0 Å². The molecule has 7 heteroatoms. The molecule has 3 amide bonds. The first-order valence-corrected chi connectivity index (χ1v) is 5.92. The van der Waals surface area contributed by atoms with Crippen LogP contribution in [0.15, 0.2) is 0 Å². The maximum atomic E-state index is 12.0. The maximum Gasteiger partial charge on any atom is 0.326 e. The van der Waals surface area contributed by atoms with Crippen molar-refractivity contribution in [3.8, 4) is 0 Å². The van der Waals surface area contributed by atoms with Crippen LogP contribution in [0.5, 0.6) is 0 Å². The van der Waals surface area contributed by atoms with Crippen LogP contribution in [0.1, 0.15) is 26.7 Å². The average molecular weight is 257 g/mol. The summed E-state index contributed by atoms with van der Waals surface area (Å²) in [6.07, 6.45) is 1.20. The Morgan fingerprint density at radius 2 is 2.06 bits per heavy atom. The summed E-state index contributed by atoms with van der Waals surface area (Å²) in [4.78, 5) is 35.2. The number of nitrogens with one attached hydrogen (secondary N) is 1. The summed E-state index contributed by atoms with van der Waals surface area (Å²) in [6.45, 7) is 3.84. The van der Waals surface area contributed by atoms with Crippen molar-refractivity contribution in [2.24, 2.45) is 11.7 Å². The van der Waals surface area contributed by atoms with Gasteiger partial charge in [-0.3, -0.25) is 4.79 Å². The van der Waals surface area contributed by atoms with Crippen molar-refractivity contribution in [2.75, 3.05) is 6.54 Å². The van der Waals surface area contributed by atoms with E-state index in [2.05, 4.69) is 5.32 Å². The number of carbonyl (C=O) groups is 3. The number of piperidine rings is 1.